The van der Waals surface area contributed by atoms with Crippen molar-refractivity contribution < 1.29 is 59.4 Å². The number of carbonyl (C=O) groups is 4. The lowest BCUT2D eigenvalue weighted by atomic mass is 9.93. The number of unbranched alkanes of at least 4 members (excludes halogenated alkanes) is 2. The van der Waals surface area contributed by atoms with E-state index < -0.39 is 70.2 Å². The van der Waals surface area contributed by atoms with Gasteiger partial charge < -0.3 is 14.2 Å². The van der Waals surface area contributed by atoms with Crippen molar-refractivity contribution in [1.82, 2.24) is 19.7 Å². The molecule has 0 radical (unpaired) electrons. The Labute approximate surface area is 330 Å². The van der Waals surface area contributed by atoms with E-state index in [9.17, 15) is 45.2 Å². The summed E-state index contributed by atoms with van der Waals surface area (Å²) >= 11 is 6.02. The number of benzene rings is 2. The van der Waals surface area contributed by atoms with Gasteiger partial charge in [0.1, 0.15) is 17.4 Å². The monoisotopic (exact) mass is 842 g/mol. The summed E-state index contributed by atoms with van der Waals surface area (Å²) in [4.78, 5) is 60.9. The molecule has 0 unspecified atom stereocenters. The van der Waals surface area contributed by atoms with E-state index in [1.54, 1.807) is 4.72 Å². The van der Waals surface area contributed by atoms with Gasteiger partial charge in [-0.05, 0) is 63.1 Å². The SMILES string of the molecule is CCCCCOC(=O)COc1cc(N2C(=O)C3=C(CCCC3)C2=O)c(F)cc1Cl.COc1nc(C)nc(NC(=O)NS(=O)(=O)c2ccccc2CCC(F)(F)F)n1. The van der Waals surface area contributed by atoms with Crippen molar-refractivity contribution in [1.29, 1.82) is 0 Å². The summed E-state index contributed by atoms with van der Waals surface area (Å²) in [6.45, 7) is 3.43. The molecule has 15 nitrogen and oxygen atoms in total. The minimum Gasteiger partial charge on any atom is -0.480 e. The summed E-state index contributed by atoms with van der Waals surface area (Å²) in [5.74, 6) is -2.46. The zero-order valence-electron chi connectivity index (χ0n) is 31.0. The molecule has 0 saturated carbocycles. The first kappa shape index (κ1) is 44.3. The van der Waals surface area contributed by atoms with E-state index in [2.05, 4.69) is 20.3 Å². The molecule has 0 saturated heterocycles. The fourth-order valence-electron chi connectivity index (χ4n) is 5.63. The average Bonchev–Trinajstić information content (AvgIpc) is 3.40. The number of urea groups is 1. The van der Waals surface area contributed by atoms with Gasteiger partial charge in [0.2, 0.25) is 5.95 Å². The standard InChI is InChI=1S/C21H23ClFNO5.C15H16F3N5O4S/c1-2-3-6-9-28-19(25)12-29-18-11-17(16(23)10-15(18)22)24-20(26)13-7-4-5-8-14(13)21(24)27;1-9-19-12(22-14(20-9)27-2)21-13(24)23-28(25,26)11-6-4-3-5-10(11)7-8-15(16,17)18/h10-11H,2-9,12H2,1H3;3-6H,7-8H2,1-2H3,(H2,19,20,21,22,23,24). The lowest BCUT2D eigenvalue weighted by Gasteiger charge is -2.18. The van der Waals surface area contributed by atoms with Gasteiger partial charge in [-0.1, -0.05) is 49.6 Å². The van der Waals surface area contributed by atoms with Crippen LogP contribution in [0.25, 0.3) is 0 Å². The Morgan fingerprint density at radius 3 is 2.30 bits per heavy atom. The van der Waals surface area contributed by atoms with E-state index in [0.717, 1.165) is 49.1 Å². The Bertz CT molecular complexity index is 2110. The highest BCUT2D eigenvalue weighted by atomic mass is 35.5. The van der Waals surface area contributed by atoms with E-state index in [0.29, 0.717) is 30.6 Å². The van der Waals surface area contributed by atoms with Crippen LogP contribution >= 0.6 is 11.6 Å². The smallest absolute Gasteiger partial charge is 0.389 e. The number of ether oxygens (including phenoxy) is 3. The number of amides is 4. The number of aromatic nitrogens is 3. The Kier molecular flexibility index (Phi) is 15.3. The van der Waals surface area contributed by atoms with Gasteiger partial charge in [-0.25, -0.2) is 32.0 Å². The molecule has 57 heavy (non-hydrogen) atoms. The number of methoxy groups -OCH3 is 1. The average molecular weight is 843 g/mol. The van der Waals surface area contributed by atoms with Gasteiger partial charge in [-0.15, -0.1) is 0 Å². The van der Waals surface area contributed by atoms with E-state index in [4.69, 9.17) is 25.8 Å². The maximum atomic E-state index is 14.5. The topological polar surface area (TPSA) is 196 Å². The van der Waals surface area contributed by atoms with Crippen LogP contribution in [0.4, 0.5) is 34.0 Å². The van der Waals surface area contributed by atoms with Gasteiger partial charge >= 0.3 is 24.2 Å². The van der Waals surface area contributed by atoms with Crippen LogP contribution in [-0.2, 0) is 35.6 Å². The second kappa shape index (κ2) is 19.7. The number of rotatable bonds is 14. The van der Waals surface area contributed by atoms with Crippen LogP contribution in [0.1, 0.15) is 69.7 Å². The van der Waals surface area contributed by atoms with E-state index in [1.165, 1.54) is 38.3 Å². The maximum absolute atomic E-state index is 14.5. The highest BCUT2D eigenvalue weighted by Crippen LogP contribution is 2.39. The molecule has 1 aliphatic heterocycles. The molecule has 0 fully saturated rings. The Balaban J connectivity index is 0.000000253. The van der Waals surface area contributed by atoms with Crippen molar-refractivity contribution in [3.8, 4) is 11.8 Å². The van der Waals surface area contributed by atoms with Crippen LogP contribution in [0.15, 0.2) is 52.4 Å². The van der Waals surface area contributed by atoms with Crippen molar-refractivity contribution in [2.45, 2.75) is 82.7 Å². The van der Waals surface area contributed by atoms with Crippen molar-refractivity contribution in [2.24, 2.45) is 0 Å². The summed E-state index contributed by atoms with van der Waals surface area (Å²) in [7, 11) is -3.14. The van der Waals surface area contributed by atoms with E-state index in [1.807, 2.05) is 6.92 Å². The normalized spacial score (nSPS) is 14.1. The zero-order chi connectivity index (χ0) is 41.9. The lowest BCUT2D eigenvalue weighted by molar-refractivity contribution is -0.146. The molecule has 4 amide bonds. The molecule has 21 heteroatoms. The van der Waals surface area contributed by atoms with Gasteiger partial charge in [-0.2, -0.15) is 28.1 Å². The number of imide groups is 1. The second-order valence-corrected chi connectivity index (χ2v) is 14.6. The van der Waals surface area contributed by atoms with Gasteiger partial charge in [0.25, 0.3) is 21.8 Å². The molecule has 0 bridgehead atoms. The number of hydrogen-bond donors (Lipinski definition) is 2. The number of aryl methyl sites for hydroxylation is 2. The number of sulfonamides is 1. The number of alkyl halides is 3. The number of halogens is 5. The number of anilines is 2. The minimum atomic E-state index is -4.45. The van der Waals surface area contributed by atoms with Crippen LogP contribution in [-0.4, -0.2) is 73.7 Å². The van der Waals surface area contributed by atoms with Crippen LogP contribution < -0.4 is 24.4 Å². The third kappa shape index (κ3) is 12.3. The molecule has 2 aliphatic rings. The first-order valence-corrected chi connectivity index (χ1v) is 19.4. The molecular weight excluding hydrogens is 804 g/mol. The molecule has 1 aromatic heterocycles. The number of nitrogens with one attached hydrogen (secondary N) is 2. The molecular formula is C36H39ClF4N6O9S. The van der Waals surface area contributed by atoms with Crippen LogP contribution in [0.3, 0.4) is 0 Å². The van der Waals surface area contributed by atoms with Crippen molar-refractivity contribution in [3.63, 3.8) is 0 Å². The van der Waals surface area contributed by atoms with Crippen LogP contribution in [0, 0.1) is 12.7 Å². The number of nitrogens with zero attached hydrogens (tertiary/aromatic N) is 4. The minimum absolute atomic E-state index is 0.000883. The largest absolute Gasteiger partial charge is 0.480 e. The van der Waals surface area contributed by atoms with Crippen molar-refractivity contribution in [2.75, 3.05) is 30.5 Å². The fraction of sp³-hybridized carbons (Fsp3) is 0.417. The van der Waals surface area contributed by atoms with E-state index >= 15 is 0 Å². The molecule has 3 aromatic rings. The van der Waals surface area contributed by atoms with Crippen LogP contribution in [0.5, 0.6) is 11.8 Å². The Morgan fingerprint density at radius 1 is 1.00 bits per heavy atom. The molecule has 0 spiro atoms. The number of carbonyl (C=O) groups excluding carboxylic acids is 4. The maximum Gasteiger partial charge on any atom is 0.389 e. The van der Waals surface area contributed by atoms with Crippen LogP contribution in [0.2, 0.25) is 5.02 Å². The van der Waals surface area contributed by atoms with Gasteiger partial charge in [-0.3, -0.25) is 14.9 Å². The third-order valence-corrected chi connectivity index (χ3v) is 10.0. The Hall–Kier alpha value is -5.37. The van der Waals surface area contributed by atoms with Crippen molar-refractivity contribution in [3.05, 3.63) is 69.8 Å². The predicted octanol–water partition coefficient (Wildman–Crippen LogP) is 6.53. The quantitative estimate of drug-likeness (QED) is 0.0772. The highest BCUT2D eigenvalue weighted by molar-refractivity contribution is 7.90. The first-order chi connectivity index (χ1) is 26.9. The summed E-state index contributed by atoms with van der Waals surface area (Å²) in [5, 5.41) is 2.04. The molecule has 1 aliphatic carbocycles. The fourth-order valence-corrected chi connectivity index (χ4v) is 7.02. The van der Waals surface area contributed by atoms with Gasteiger partial charge in [0.05, 0.1) is 29.3 Å². The van der Waals surface area contributed by atoms with Gasteiger partial charge in [0, 0.05) is 23.6 Å². The first-order valence-electron chi connectivity index (χ1n) is 17.6. The Morgan fingerprint density at radius 2 is 1.67 bits per heavy atom. The van der Waals surface area contributed by atoms with E-state index in [-0.39, 0.29) is 39.8 Å². The molecule has 0 atom stereocenters. The second-order valence-electron chi connectivity index (χ2n) is 12.5. The number of hydrogen-bond acceptors (Lipinski definition) is 12. The summed E-state index contributed by atoms with van der Waals surface area (Å²) in [6, 6.07) is 5.96. The summed E-state index contributed by atoms with van der Waals surface area (Å²) < 4.78 is 93.7. The van der Waals surface area contributed by atoms with Crippen molar-refractivity contribution >= 4 is 57.1 Å². The lowest BCUT2D eigenvalue weighted by Crippen LogP contribution is -2.35. The molecule has 5 rings (SSSR count). The zero-order valence-corrected chi connectivity index (χ0v) is 32.6. The third-order valence-electron chi connectivity index (χ3n) is 8.29. The molecule has 308 valence electrons. The predicted molar refractivity (Wildman–Crippen MR) is 197 cm³/mol. The molecule has 2 heterocycles. The molecule has 2 N–H and O–H groups in total. The summed E-state index contributed by atoms with van der Waals surface area (Å²) in [6.07, 6.45) is -0.796. The number of esters is 1. The van der Waals surface area contributed by atoms with Gasteiger partial charge in [0.15, 0.2) is 6.61 Å². The summed E-state index contributed by atoms with van der Waals surface area (Å²) in [5.41, 5.74) is 0.602. The molecule has 2 aromatic carbocycles. The highest BCUT2D eigenvalue weighted by Gasteiger charge is 2.41.